The molecule has 4 aromatic rings. The lowest BCUT2D eigenvalue weighted by Crippen LogP contribution is -2.51. The van der Waals surface area contributed by atoms with Crippen LogP contribution in [0.15, 0.2) is 60.8 Å². The fourth-order valence-electron chi connectivity index (χ4n) is 5.09. The number of alkyl halides is 3. The van der Waals surface area contributed by atoms with E-state index in [9.17, 15) is 27.9 Å². The van der Waals surface area contributed by atoms with Crippen LogP contribution in [0.5, 0.6) is 5.75 Å². The average molecular weight is 554 g/mol. The lowest BCUT2D eigenvalue weighted by Gasteiger charge is -2.37. The first-order valence-corrected chi connectivity index (χ1v) is 12.5. The maximum Gasteiger partial charge on any atom is 0.433 e. The number of amides is 1. The van der Waals surface area contributed by atoms with E-state index in [1.165, 1.54) is 18.9 Å². The maximum absolute atomic E-state index is 14.2. The van der Waals surface area contributed by atoms with E-state index in [-0.39, 0.29) is 48.6 Å². The third kappa shape index (κ3) is 4.97. The van der Waals surface area contributed by atoms with Crippen LogP contribution in [0.1, 0.15) is 33.2 Å². The van der Waals surface area contributed by atoms with Crippen LogP contribution in [0.4, 0.5) is 13.2 Å². The minimum absolute atomic E-state index is 0.0634. The molecule has 1 unspecified atom stereocenters. The number of carbonyl (C=O) groups is 2. The van der Waals surface area contributed by atoms with Crippen LogP contribution in [0.25, 0.3) is 16.9 Å². The van der Waals surface area contributed by atoms with Crippen LogP contribution in [-0.2, 0) is 11.0 Å². The minimum Gasteiger partial charge on any atom is -0.497 e. The van der Waals surface area contributed by atoms with Crippen molar-refractivity contribution in [3.05, 3.63) is 83.2 Å². The summed E-state index contributed by atoms with van der Waals surface area (Å²) in [5.41, 5.74) is -0.270. The molecule has 1 saturated heterocycles. The predicted octanol–water partition coefficient (Wildman–Crippen LogP) is 4.32. The number of methoxy groups -OCH3 is 1. The number of piperazine rings is 1. The molecule has 1 fully saturated rings. The summed E-state index contributed by atoms with van der Waals surface area (Å²) < 4.78 is 48.5. The van der Waals surface area contributed by atoms with Gasteiger partial charge < -0.3 is 14.7 Å². The summed E-state index contributed by atoms with van der Waals surface area (Å²) in [7, 11) is 1.49. The summed E-state index contributed by atoms with van der Waals surface area (Å²) >= 11 is 0. The van der Waals surface area contributed by atoms with Crippen LogP contribution in [0.3, 0.4) is 0 Å². The molecule has 5 rings (SSSR count). The first-order valence-electron chi connectivity index (χ1n) is 12.5. The molecule has 1 aliphatic heterocycles. The number of nitrogens with zero attached hydrogens (tertiary/aromatic N) is 5. The molecule has 40 heavy (non-hydrogen) atoms. The van der Waals surface area contributed by atoms with Gasteiger partial charge in [0.05, 0.1) is 19.0 Å². The third-order valence-electron chi connectivity index (χ3n) is 7.06. The molecule has 0 saturated carbocycles. The van der Waals surface area contributed by atoms with Crippen molar-refractivity contribution in [3.63, 3.8) is 0 Å². The number of halogens is 3. The standard InChI is InChI=1S/C28H26F3N5O4/c1-17-22(18-8-10-20(40-2)11-9-18)33-25-21(16-32-36(25)24(17)28(29,30)31)26(37)35-14-12-34(13-15-35)23(27(38)39)19-6-4-3-5-7-19/h3-11,16,23H,12-15H2,1-2H3,(H,38,39). The minimum atomic E-state index is -4.76. The number of fused-ring (bicyclic) bond motifs is 1. The van der Waals surface area contributed by atoms with Gasteiger partial charge in [-0.15, -0.1) is 0 Å². The van der Waals surface area contributed by atoms with Crippen LogP contribution >= 0.6 is 0 Å². The van der Waals surface area contributed by atoms with Gasteiger partial charge in [-0.1, -0.05) is 30.3 Å². The summed E-state index contributed by atoms with van der Waals surface area (Å²) in [6.07, 6.45) is -3.65. The van der Waals surface area contributed by atoms with Gasteiger partial charge in [-0.05, 0) is 36.8 Å². The molecule has 1 atom stereocenters. The molecule has 0 bridgehead atoms. The van der Waals surface area contributed by atoms with E-state index in [2.05, 4.69) is 10.1 Å². The molecule has 12 heteroatoms. The molecule has 2 aromatic carbocycles. The van der Waals surface area contributed by atoms with Crippen molar-refractivity contribution < 1.29 is 32.6 Å². The Hall–Kier alpha value is -4.45. The summed E-state index contributed by atoms with van der Waals surface area (Å²) in [6, 6.07) is 14.4. The number of hydrogen-bond acceptors (Lipinski definition) is 6. The SMILES string of the molecule is COc1ccc(-c2nc3c(C(=O)N4CCN(C(C(=O)O)c5ccccc5)CC4)cnn3c(C(F)(F)F)c2C)cc1. The van der Waals surface area contributed by atoms with Crippen molar-refractivity contribution in [1.82, 2.24) is 24.4 Å². The van der Waals surface area contributed by atoms with Crippen molar-refractivity contribution in [2.75, 3.05) is 33.3 Å². The van der Waals surface area contributed by atoms with Crippen molar-refractivity contribution in [2.24, 2.45) is 0 Å². The largest absolute Gasteiger partial charge is 0.497 e. The average Bonchev–Trinajstić information content (AvgIpc) is 3.35. The predicted molar refractivity (Wildman–Crippen MR) is 139 cm³/mol. The maximum atomic E-state index is 14.2. The van der Waals surface area contributed by atoms with E-state index in [1.54, 1.807) is 59.5 Å². The smallest absolute Gasteiger partial charge is 0.433 e. The van der Waals surface area contributed by atoms with Crippen LogP contribution in [-0.4, -0.2) is 74.7 Å². The van der Waals surface area contributed by atoms with Crippen LogP contribution in [0, 0.1) is 6.92 Å². The van der Waals surface area contributed by atoms with Crippen molar-refractivity contribution in [3.8, 4) is 17.0 Å². The van der Waals surface area contributed by atoms with Gasteiger partial charge in [0.2, 0.25) is 0 Å². The zero-order chi connectivity index (χ0) is 28.6. The molecule has 0 aliphatic carbocycles. The first-order chi connectivity index (χ1) is 19.1. The Morgan fingerprint density at radius 1 is 1.00 bits per heavy atom. The van der Waals surface area contributed by atoms with Gasteiger partial charge in [-0.3, -0.25) is 14.5 Å². The molecule has 1 amide bonds. The summed E-state index contributed by atoms with van der Waals surface area (Å²) in [6.45, 7) is 2.25. The van der Waals surface area contributed by atoms with Gasteiger partial charge in [-0.2, -0.15) is 18.3 Å². The number of aromatic nitrogens is 3. The molecule has 3 heterocycles. The molecular formula is C28H26F3N5O4. The number of carbonyl (C=O) groups excluding carboxylic acids is 1. The Balaban J connectivity index is 1.47. The fraction of sp³-hybridized carbons (Fsp3) is 0.286. The molecule has 0 spiro atoms. The highest BCUT2D eigenvalue weighted by Gasteiger charge is 2.39. The summed E-state index contributed by atoms with van der Waals surface area (Å²) in [5.74, 6) is -0.986. The fourth-order valence-corrected chi connectivity index (χ4v) is 5.09. The molecule has 1 aliphatic rings. The highest BCUT2D eigenvalue weighted by atomic mass is 19.4. The highest BCUT2D eigenvalue weighted by molar-refractivity contribution is 6.00. The Labute approximate surface area is 227 Å². The first kappa shape index (κ1) is 27.1. The van der Waals surface area contributed by atoms with Gasteiger partial charge in [0.15, 0.2) is 11.3 Å². The van der Waals surface area contributed by atoms with Crippen molar-refractivity contribution in [2.45, 2.75) is 19.1 Å². The van der Waals surface area contributed by atoms with Crippen molar-refractivity contribution >= 4 is 17.5 Å². The second kappa shape index (κ2) is 10.6. The van der Waals surface area contributed by atoms with E-state index < -0.39 is 29.8 Å². The Kier molecular flexibility index (Phi) is 7.19. The molecular weight excluding hydrogens is 527 g/mol. The zero-order valence-corrected chi connectivity index (χ0v) is 21.7. The Morgan fingerprint density at radius 3 is 2.23 bits per heavy atom. The molecule has 9 nitrogen and oxygen atoms in total. The van der Waals surface area contributed by atoms with E-state index in [4.69, 9.17) is 4.74 Å². The molecule has 2 aromatic heterocycles. The quantitative estimate of drug-likeness (QED) is 0.380. The van der Waals surface area contributed by atoms with E-state index in [1.807, 2.05) is 0 Å². The molecule has 208 valence electrons. The number of benzene rings is 2. The number of carboxylic acid groups (broad SMARTS) is 1. The van der Waals surface area contributed by atoms with Gasteiger partial charge in [-0.25, -0.2) is 9.50 Å². The normalized spacial score (nSPS) is 15.3. The monoisotopic (exact) mass is 553 g/mol. The second-order valence-electron chi connectivity index (χ2n) is 9.43. The number of carboxylic acids is 1. The van der Waals surface area contributed by atoms with Gasteiger partial charge in [0.1, 0.15) is 17.4 Å². The van der Waals surface area contributed by atoms with Gasteiger partial charge >= 0.3 is 12.1 Å². The molecule has 1 N–H and O–H groups in total. The van der Waals surface area contributed by atoms with Crippen LogP contribution in [0.2, 0.25) is 0 Å². The number of rotatable bonds is 6. The van der Waals surface area contributed by atoms with E-state index in [0.29, 0.717) is 21.4 Å². The van der Waals surface area contributed by atoms with Crippen LogP contribution < -0.4 is 4.74 Å². The van der Waals surface area contributed by atoms with E-state index in [0.717, 1.165) is 6.20 Å². The van der Waals surface area contributed by atoms with Gasteiger partial charge in [0, 0.05) is 37.3 Å². The van der Waals surface area contributed by atoms with Crippen molar-refractivity contribution in [1.29, 1.82) is 0 Å². The lowest BCUT2D eigenvalue weighted by molar-refractivity contribution is -0.144. The summed E-state index contributed by atoms with van der Waals surface area (Å²) in [4.78, 5) is 33.3. The summed E-state index contributed by atoms with van der Waals surface area (Å²) in [5, 5.41) is 13.8. The zero-order valence-electron chi connectivity index (χ0n) is 21.7. The second-order valence-corrected chi connectivity index (χ2v) is 9.43. The van der Waals surface area contributed by atoms with Gasteiger partial charge in [0.25, 0.3) is 5.91 Å². The number of hydrogen-bond donors (Lipinski definition) is 1. The van der Waals surface area contributed by atoms with E-state index >= 15 is 0 Å². The Morgan fingerprint density at radius 2 is 1.65 bits per heavy atom. The highest BCUT2D eigenvalue weighted by Crippen LogP contribution is 2.37. The Bertz CT molecular complexity index is 1550. The topological polar surface area (TPSA) is 100 Å². The lowest BCUT2D eigenvalue weighted by atomic mass is 10.0. The third-order valence-corrected chi connectivity index (χ3v) is 7.06. The number of ether oxygens (including phenoxy) is 1. The molecule has 0 radical (unpaired) electrons. The number of aliphatic carboxylic acids is 1.